The summed E-state index contributed by atoms with van der Waals surface area (Å²) in [4.78, 5) is 12.6. The van der Waals surface area contributed by atoms with Crippen molar-refractivity contribution in [1.29, 1.82) is 0 Å². The van der Waals surface area contributed by atoms with Crippen LogP contribution in [-0.2, 0) is 11.2 Å². The number of nitrogens with one attached hydrogen (secondary N) is 1. The lowest BCUT2D eigenvalue weighted by molar-refractivity contribution is -0.115. The van der Waals surface area contributed by atoms with Crippen LogP contribution in [-0.4, -0.2) is 28.9 Å². The van der Waals surface area contributed by atoms with Crippen molar-refractivity contribution < 1.29 is 14.3 Å². The maximum atomic E-state index is 12.6. The Morgan fingerprint density at radius 1 is 1.22 bits per heavy atom. The number of amides is 1. The molecule has 0 atom stereocenters. The Balaban J connectivity index is 1.72. The first-order chi connectivity index (χ1) is 13.1. The zero-order chi connectivity index (χ0) is 19.2. The average molecular weight is 436 g/mol. The molecule has 146 valence electrons. The molecule has 2 aromatic rings. The van der Waals surface area contributed by atoms with E-state index in [0.717, 1.165) is 28.7 Å². The standard InChI is InChI=1S/C20H26BrN3O3/c1-3-26-17-11-14(16(21)13-18(17)27-4-2)12-20(25)23-19-9-10-22-24(19)15-7-5-6-8-15/h9-11,13,15H,3-8,12H2,1-2H3,(H,23,25). The molecule has 1 heterocycles. The van der Waals surface area contributed by atoms with Gasteiger partial charge in [-0.2, -0.15) is 5.10 Å². The van der Waals surface area contributed by atoms with Gasteiger partial charge in [-0.05, 0) is 44.4 Å². The zero-order valence-electron chi connectivity index (χ0n) is 15.8. The highest BCUT2D eigenvalue weighted by atomic mass is 79.9. The molecular weight excluding hydrogens is 410 g/mol. The lowest BCUT2D eigenvalue weighted by atomic mass is 10.1. The highest BCUT2D eigenvalue weighted by molar-refractivity contribution is 9.10. The minimum absolute atomic E-state index is 0.0814. The number of carbonyl (C=O) groups excluding carboxylic acids is 1. The lowest BCUT2D eigenvalue weighted by Crippen LogP contribution is -2.19. The molecular formula is C20H26BrN3O3. The van der Waals surface area contributed by atoms with Crippen LogP contribution in [0.1, 0.15) is 51.1 Å². The van der Waals surface area contributed by atoms with Gasteiger partial charge in [0, 0.05) is 10.5 Å². The summed E-state index contributed by atoms with van der Waals surface area (Å²) in [5, 5.41) is 7.41. The molecule has 0 radical (unpaired) electrons. The molecule has 6 nitrogen and oxygen atoms in total. The van der Waals surface area contributed by atoms with Gasteiger partial charge in [-0.3, -0.25) is 4.79 Å². The molecule has 1 saturated carbocycles. The molecule has 0 bridgehead atoms. The molecule has 27 heavy (non-hydrogen) atoms. The van der Waals surface area contributed by atoms with Crippen molar-refractivity contribution in [3.05, 3.63) is 34.4 Å². The third-order valence-electron chi connectivity index (χ3n) is 4.67. The first-order valence-electron chi connectivity index (χ1n) is 9.53. The lowest BCUT2D eigenvalue weighted by Gasteiger charge is -2.16. The minimum Gasteiger partial charge on any atom is -0.490 e. The second-order valence-corrected chi connectivity index (χ2v) is 7.43. The van der Waals surface area contributed by atoms with Crippen LogP contribution in [0.3, 0.4) is 0 Å². The van der Waals surface area contributed by atoms with Crippen LogP contribution in [0.2, 0.25) is 0 Å². The summed E-state index contributed by atoms with van der Waals surface area (Å²) < 4.78 is 14.1. The van der Waals surface area contributed by atoms with E-state index < -0.39 is 0 Å². The van der Waals surface area contributed by atoms with Gasteiger partial charge in [0.05, 0.1) is 31.9 Å². The topological polar surface area (TPSA) is 65.4 Å². The summed E-state index contributed by atoms with van der Waals surface area (Å²) in [6.45, 7) is 4.94. The Hall–Kier alpha value is -2.02. The van der Waals surface area contributed by atoms with E-state index in [1.165, 1.54) is 12.8 Å². The third-order valence-corrected chi connectivity index (χ3v) is 5.41. The van der Waals surface area contributed by atoms with Crippen molar-refractivity contribution >= 4 is 27.7 Å². The van der Waals surface area contributed by atoms with Gasteiger partial charge in [0.2, 0.25) is 5.91 Å². The molecule has 1 aromatic carbocycles. The summed E-state index contributed by atoms with van der Waals surface area (Å²) in [6, 6.07) is 5.97. The number of halogens is 1. The van der Waals surface area contributed by atoms with Crippen LogP contribution in [0.25, 0.3) is 0 Å². The van der Waals surface area contributed by atoms with Gasteiger partial charge >= 0.3 is 0 Å². The van der Waals surface area contributed by atoms with Crippen molar-refractivity contribution in [2.24, 2.45) is 0 Å². The first kappa shape index (κ1) is 19.7. The number of anilines is 1. The van der Waals surface area contributed by atoms with E-state index >= 15 is 0 Å². The molecule has 1 aliphatic carbocycles. The van der Waals surface area contributed by atoms with E-state index in [1.54, 1.807) is 6.20 Å². The SMILES string of the molecule is CCOc1cc(Br)c(CC(=O)Nc2ccnn2C2CCCC2)cc1OCC. The number of rotatable bonds is 8. The summed E-state index contributed by atoms with van der Waals surface area (Å²) in [7, 11) is 0. The zero-order valence-corrected chi connectivity index (χ0v) is 17.4. The quantitative estimate of drug-likeness (QED) is 0.649. The number of hydrogen-bond acceptors (Lipinski definition) is 4. The van der Waals surface area contributed by atoms with Crippen LogP contribution >= 0.6 is 15.9 Å². The number of benzene rings is 1. The van der Waals surface area contributed by atoms with Gasteiger partial charge < -0.3 is 14.8 Å². The van der Waals surface area contributed by atoms with Gasteiger partial charge in [-0.1, -0.05) is 28.8 Å². The van der Waals surface area contributed by atoms with E-state index in [2.05, 4.69) is 26.3 Å². The molecule has 1 aromatic heterocycles. The fourth-order valence-corrected chi connectivity index (χ4v) is 3.92. The van der Waals surface area contributed by atoms with Crippen LogP contribution in [0, 0.1) is 0 Å². The molecule has 1 N–H and O–H groups in total. The number of carbonyl (C=O) groups is 1. The Kier molecular flexibility index (Phi) is 6.77. The summed E-state index contributed by atoms with van der Waals surface area (Å²) >= 11 is 3.54. The number of hydrogen-bond donors (Lipinski definition) is 1. The number of aromatic nitrogens is 2. The van der Waals surface area contributed by atoms with Crippen molar-refractivity contribution in [3.8, 4) is 11.5 Å². The van der Waals surface area contributed by atoms with Crippen molar-refractivity contribution in [3.63, 3.8) is 0 Å². The molecule has 0 aliphatic heterocycles. The van der Waals surface area contributed by atoms with Crippen molar-refractivity contribution in [1.82, 2.24) is 9.78 Å². The maximum Gasteiger partial charge on any atom is 0.229 e. The molecule has 0 spiro atoms. The molecule has 1 amide bonds. The van der Waals surface area contributed by atoms with E-state index in [4.69, 9.17) is 9.47 Å². The molecule has 3 rings (SSSR count). The van der Waals surface area contributed by atoms with E-state index in [1.807, 2.05) is 36.7 Å². The smallest absolute Gasteiger partial charge is 0.229 e. The predicted molar refractivity (Wildman–Crippen MR) is 109 cm³/mol. The van der Waals surface area contributed by atoms with Crippen LogP contribution in [0.5, 0.6) is 11.5 Å². The third kappa shape index (κ3) is 4.83. The molecule has 1 aliphatic rings. The Morgan fingerprint density at radius 3 is 2.56 bits per heavy atom. The van der Waals surface area contributed by atoms with Gasteiger partial charge in [0.25, 0.3) is 0 Å². The van der Waals surface area contributed by atoms with Gasteiger partial charge in [-0.25, -0.2) is 4.68 Å². The van der Waals surface area contributed by atoms with Gasteiger partial charge in [-0.15, -0.1) is 0 Å². The van der Waals surface area contributed by atoms with E-state index in [-0.39, 0.29) is 12.3 Å². The fourth-order valence-electron chi connectivity index (χ4n) is 3.46. The number of ether oxygens (including phenoxy) is 2. The number of nitrogens with zero attached hydrogens (tertiary/aromatic N) is 2. The summed E-state index contributed by atoms with van der Waals surface area (Å²) in [5.41, 5.74) is 0.853. The van der Waals surface area contributed by atoms with E-state index in [9.17, 15) is 4.79 Å². The van der Waals surface area contributed by atoms with E-state index in [0.29, 0.717) is 30.8 Å². The second kappa shape index (κ2) is 9.26. The molecule has 0 unspecified atom stereocenters. The van der Waals surface area contributed by atoms with Crippen LogP contribution in [0.15, 0.2) is 28.9 Å². The maximum absolute atomic E-state index is 12.6. The largest absolute Gasteiger partial charge is 0.490 e. The van der Waals surface area contributed by atoms with Crippen molar-refractivity contribution in [2.75, 3.05) is 18.5 Å². The molecule has 7 heteroatoms. The first-order valence-corrected chi connectivity index (χ1v) is 10.3. The monoisotopic (exact) mass is 435 g/mol. The Morgan fingerprint density at radius 2 is 1.89 bits per heavy atom. The van der Waals surface area contributed by atoms with Gasteiger partial charge in [0.15, 0.2) is 11.5 Å². The highest BCUT2D eigenvalue weighted by Crippen LogP contribution is 2.35. The van der Waals surface area contributed by atoms with Gasteiger partial charge in [0.1, 0.15) is 5.82 Å². The second-order valence-electron chi connectivity index (χ2n) is 6.58. The summed E-state index contributed by atoms with van der Waals surface area (Å²) in [5.74, 6) is 2.01. The Bertz CT molecular complexity index is 785. The van der Waals surface area contributed by atoms with Crippen LogP contribution in [0.4, 0.5) is 5.82 Å². The average Bonchev–Trinajstić information content (AvgIpc) is 3.30. The Labute approximate surface area is 168 Å². The normalized spacial score (nSPS) is 14.3. The highest BCUT2D eigenvalue weighted by Gasteiger charge is 2.21. The predicted octanol–water partition coefficient (Wildman–Crippen LogP) is 4.74. The molecule has 0 saturated heterocycles. The minimum atomic E-state index is -0.0814. The summed E-state index contributed by atoms with van der Waals surface area (Å²) in [6.07, 6.45) is 6.66. The molecule has 1 fully saturated rings. The van der Waals surface area contributed by atoms with Crippen molar-refractivity contribution in [2.45, 2.75) is 52.0 Å². The fraction of sp³-hybridized carbons (Fsp3) is 0.500. The van der Waals surface area contributed by atoms with Crippen LogP contribution < -0.4 is 14.8 Å².